The van der Waals surface area contributed by atoms with E-state index >= 15 is 0 Å². The predicted octanol–water partition coefficient (Wildman–Crippen LogP) is 1.98. The lowest BCUT2D eigenvalue weighted by Crippen LogP contribution is -2.23. The quantitative estimate of drug-likeness (QED) is 0.525. The van der Waals surface area contributed by atoms with Crippen LogP contribution in [0.5, 0.6) is 0 Å². The molecule has 0 aliphatic rings. The second kappa shape index (κ2) is 5.31. The fourth-order valence-corrected chi connectivity index (χ4v) is 2.75. The minimum atomic E-state index is -0.543. The van der Waals surface area contributed by atoms with Crippen molar-refractivity contribution in [3.63, 3.8) is 0 Å². The Hall–Kier alpha value is -3.48. The molecule has 0 unspecified atom stereocenters. The third-order valence-corrected chi connectivity index (χ3v) is 3.88. The lowest BCUT2D eigenvalue weighted by atomic mass is 10.0. The minimum Gasteiger partial charge on any atom is -0.305 e. The summed E-state index contributed by atoms with van der Waals surface area (Å²) in [5.41, 5.74) is 3.55. The first-order valence-electron chi connectivity index (χ1n) is 7.36. The van der Waals surface area contributed by atoms with Crippen molar-refractivity contribution in [3.8, 4) is 22.5 Å². The summed E-state index contributed by atoms with van der Waals surface area (Å²) in [6.07, 6.45) is 1.68. The van der Waals surface area contributed by atoms with Crippen LogP contribution >= 0.6 is 0 Å². The van der Waals surface area contributed by atoms with E-state index in [4.69, 9.17) is 0 Å². The fourth-order valence-electron chi connectivity index (χ4n) is 2.75. The summed E-state index contributed by atoms with van der Waals surface area (Å²) in [5.74, 6) is 0. The van der Waals surface area contributed by atoms with Crippen molar-refractivity contribution in [1.82, 2.24) is 25.1 Å². The van der Waals surface area contributed by atoms with E-state index in [1.165, 1.54) is 0 Å². The van der Waals surface area contributed by atoms with E-state index in [1.807, 2.05) is 43.3 Å². The maximum absolute atomic E-state index is 12.1. The van der Waals surface area contributed by atoms with Crippen LogP contribution in [0.3, 0.4) is 0 Å². The molecule has 0 bridgehead atoms. The number of aryl methyl sites for hydroxylation is 1. The van der Waals surface area contributed by atoms with Crippen LogP contribution in [0.2, 0.25) is 0 Å². The van der Waals surface area contributed by atoms with Gasteiger partial charge in [-0.3, -0.25) is 14.9 Å². The van der Waals surface area contributed by atoms with Gasteiger partial charge in [0.2, 0.25) is 0 Å². The first-order valence-corrected chi connectivity index (χ1v) is 7.36. The largest absolute Gasteiger partial charge is 0.326 e. The zero-order valence-corrected chi connectivity index (χ0v) is 12.8. The van der Waals surface area contributed by atoms with Crippen molar-refractivity contribution in [3.05, 3.63) is 69.0 Å². The first-order chi connectivity index (χ1) is 11.6. The maximum atomic E-state index is 12.1. The molecular weight excluding hydrogens is 306 g/mol. The van der Waals surface area contributed by atoms with Gasteiger partial charge in [0.1, 0.15) is 0 Å². The third kappa shape index (κ3) is 2.23. The van der Waals surface area contributed by atoms with Crippen LogP contribution in [0.15, 0.2) is 52.2 Å². The number of aromatic nitrogens is 5. The molecule has 3 aromatic heterocycles. The Morgan fingerprint density at radius 3 is 2.62 bits per heavy atom. The van der Waals surface area contributed by atoms with Crippen LogP contribution in [-0.4, -0.2) is 25.1 Å². The molecule has 0 spiro atoms. The van der Waals surface area contributed by atoms with Crippen LogP contribution in [0, 0.1) is 6.92 Å². The maximum Gasteiger partial charge on any atom is 0.326 e. The van der Waals surface area contributed by atoms with Gasteiger partial charge in [0.25, 0.3) is 5.56 Å². The fraction of sp³-hybridized carbons (Fsp3) is 0.0588. The normalized spacial score (nSPS) is 11.0. The number of benzene rings is 1. The summed E-state index contributed by atoms with van der Waals surface area (Å²) in [4.78, 5) is 32.8. The summed E-state index contributed by atoms with van der Waals surface area (Å²) in [6.45, 7) is 1.82. The number of hydrogen-bond acceptors (Lipinski definition) is 4. The lowest BCUT2D eigenvalue weighted by Gasteiger charge is -2.06. The SMILES string of the molecule is Cc1cc(-c2cn[nH]c2-c2ccccc2)nc2c(=O)[nH]c(=O)[nH]c12. The van der Waals surface area contributed by atoms with Crippen molar-refractivity contribution in [2.45, 2.75) is 6.92 Å². The zero-order valence-electron chi connectivity index (χ0n) is 12.8. The van der Waals surface area contributed by atoms with Crippen LogP contribution in [0.4, 0.5) is 0 Å². The second-order valence-corrected chi connectivity index (χ2v) is 5.48. The molecule has 0 saturated carbocycles. The molecule has 0 saturated heterocycles. The highest BCUT2D eigenvalue weighted by molar-refractivity contribution is 5.84. The molecule has 0 radical (unpaired) electrons. The lowest BCUT2D eigenvalue weighted by molar-refractivity contribution is 1.06. The molecule has 0 aliphatic heterocycles. The zero-order chi connectivity index (χ0) is 16.7. The Labute approximate surface area is 135 Å². The van der Waals surface area contributed by atoms with Gasteiger partial charge in [0.15, 0.2) is 5.52 Å². The number of hydrogen-bond donors (Lipinski definition) is 3. The summed E-state index contributed by atoms with van der Waals surface area (Å²) in [6, 6.07) is 11.6. The molecule has 0 fully saturated rings. The Bertz CT molecular complexity index is 1160. The van der Waals surface area contributed by atoms with E-state index in [1.54, 1.807) is 6.20 Å². The smallest absolute Gasteiger partial charge is 0.305 e. The molecule has 0 amide bonds. The summed E-state index contributed by atoms with van der Waals surface area (Å²) < 4.78 is 0. The Morgan fingerprint density at radius 2 is 1.83 bits per heavy atom. The number of nitrogens with one attached hydrogen (secondary N) is 3. The van der Waals surface area contributed by atoms with Crippen LogP contribution in [-0.2, 0) is 0 Å². The van der Waals surface area contributed by atoms with Gasteiger partial charge in [0, 0.05) is 11.1 Å². The van der Waals surface area contributed by atoms with Crippen molar-refractivity contribution >= 4 is 11.0 Å². The topological polar surface area (TPSA) is 107 Å². The van der Waals surface area contributed by atoms with E-state index in [-0.39, 0.29) is 5.52 Å². The molecule has 118 valence electrons. The number of aromatic amines is 3. The van der Waals surface area contributed by atoms with Crippen LogP contribution in [0.1, 0.15) is 5.56 Å². The monoisotopic (exact) mass is 319 g/mol. The number of fused-ring (bicyclic) bond motifs is 1. The van der Waals surface area contributed by atoms with E-state index in [0.717, 1.165) is 22.4 Å². The standard InChI is InChI=1S/C17H13N5O2/c1-9-7-12(19-15-13(9)20-17(24)21-16(15)23)11-8-18-22-14(11)10-5-3-2-4-6-10/h2-8H,1H3,(H,18,22)(H2,20,21,23,24). The molecule has 7 heteroatoms. The van der Waals surface area contributed by atoms with Crippen LogP contribution < -0.4 is 11.2 Å². The predicted molar refractivity (Wildman–Crippen MR) is 90.7 cm³/mol. The third-order valence-electron chi connectivity index (χ3n) is 3.88. The minimum absolute atomic E-state index is 0.199. The highest BCUT2D eigenvalue weighted by Gasteiger charge is 2.14. The van der Waals surface area contributed by atoms with Crippen LogP contribution in [0.25, 0.3) is 33.5 Å². The van der Waals surface area contributed by atoms with Crippen molar-refractivity contribution in [2.24, 2.45) is 0 Å². The molecular formula is C17H13N5O2. The summed E-state index contributed by atoms with van der Waals surface area (Å²) in [5, 5.41) is 7.09. The van der Waals surface area contributed by atoms with E-state index in [9.17, 15) is 9.59 Å². The van der Waals surface area contributed by atoms with Gasteiger partial charge in [-0.2, -0.15) is 5.10 Å². The second-order valence-electron chi connectivity index (χ2n) is 5.48. The number of pyridine rings is 1. The molecule has 3 N–H and O–H groups in total. The Morgan fingerprint density at radius 1 is 1.04 bits per heavy atom. The Kier molecular flexibility index (Phi) is 3.13. The van der Waals surface area contributed by atoms with Gasteiger partial charge in [-0.25, -0.2) is 9.78 Å². The molecule has 1 aromatic carbocycles. The van der Waals surface area contributed by atoms with E-state index in [2.05, 4.69) is 25.1 Å². The Balaban J connectivity index is 1.98. The van der Waals surface area contributed by atoms with Crippen molar-refractivity contribution in [1.29, 1.82) is 0 Å². The van der Waals surface area contributed by atoms with E-state index < -0.39 is 11.2 Å². The first kappa shape index (κ1) is 14.1. The van der Waals surface area contributed by atoms with Gasteiger partial charge in [0.05, 0.1) is 23.1 Å². The number of nitrogens with zero attached hydrogens (tertiary/aromatic N) is 2. The number of H-pyrrole nitrogens is 3. The van der Waals surface area contributed by atoms with Crippen molar-refractivity contribution < 1.29 is 0 Å². The van der Waals surface area contributed by atoms with Crippen molar-refractivity contribution in [2.75, 3.05) is 0 Å². The van der Waals surface area contributed by atoms with Gasteiger partial charge in [-0.05, 0) is 18.6 Å². The average Bonchev–Trinajstić information content (AvgIpc) is 3.06. The van der Waals surface area contributed by atoms with Gasteiger partial charge >= 0.3 is 5.69 Å². The molecule has 4 rings (SSSR count). The molecule has 0 aliphatic carbocycles. The average molecular weight is 319 g/mol. The van der Waals surface area contributed by atoms with Gasteiger partial charge in [-0.1, -0.05) is 30.3 Å². The molecule has 4 aromatic rings. The highest BCUT2D eigenvalue weighted by atomic mass is 16.2. The van der Waals surface area contributed by atoms with E-state index in [0.29, 0.717) is 11.2 Å². The summed E-state index contributed by atoms with van der Waals surface area (Å²) >= 11 is 0. The number of rotatable bonds is 2. The molecule has 7 nitrogen and oxygen atoms in total. The van der Waals surface area contributed by atoms with Gasteiger partial charge in [-0.15, -0.1) is 0 Å². The molecule has 0 atom stereocenters. The summed E-state index contributed by atoms with van der Waals surface area (Å²) in [7, 11) is 0. The highest BCUT2D eigenvalue weighted by Crippen LogP contribution is 2.30. The molecule has 3 heterocycles. The molecule has 24 heavy (non-hydrogen) atoms. The van der Waals surface area contributed by atoms with Gasteiger partial charge < -0.3 is 4.98 Å².